The van der Waals surface area contributed by atoms with Crippen LogP contribution in [-0.4, -0.2) is 44.8 Å². The van der Waals surface area contributed by atoms with E-state index in [0.717, 1.165) is 25.2 Å². The van der Waals surface area contributed by atoms with Crippen LogP contribution in [0.4, 0.5) is 0 Å². The summed E-state index contributed by atoms with van der Waals surface area (Å²) in [7, 11) is -1.92. The summed E-state index contributed by atoms with van der Waals surface area (Å²) in [6, 6.07) is 6.42. The zero-order chi connectivity index (χ0) is 17.7. The molecule has 1 aliphatic heterocycles. The Hall–Kier alpha value is -1.90. The van der Waals surface area contributed by atoms with Gasteiger partial charge in [0.2, 0.25) is 10.0 Å². The Morgan fingerprint density at radius 3 is 2.84 bits per heavy atom. The molecule has 7 nitrogen and oxygen atoms in total. The molecule has 0 unspecified atom stereocenters. The van der Waals surface area contributed by atoms with Gasteiger partial charge in [0, 0.05) is 39.0 Å². The molecule has 0 amide bonds. The van der Waals surface area contributed by atoms with Crippen molar-refractivity contribution in [3.63, 3.8) is 0 Å². The topological polar surface area (TPSA) is 82.4 Å². The number of imidazole rings is 1. The highest BCUT2D eigenvalue weighted by molar-refractivity contribution is 7.89. The van der Waals surface area contributed by atoms with Crippen molar-refractivity contribution in [2.24, 2.45) is 5.92 Å². The summed E-state index contributed by atoms with van der Waals surface area (Å²) in [6.45, 7) is 2.14. The molecule has 0 fully saturated rings. The van der Waals surface area contributed by atoms with Crippen LogP contribution in [0, 0.1) is 5.92 Å². The zero-order valence-corrected chi connectivity index (χ0v) is 15.0. The van der Waals surface area contributed by atoms with Crippen molar-refractivity contribution in [2.45, 2.75) is 24.3 Å². The number of sulfonamides is 1. The second kappa shape index (κ2) is 7.99. The summed E-state index contributed by atoms with van der Waals surface area (Å²) >= 11 is 0. The van der Waals surface area contributed by atoms with Crippen LogP contribution in [0.2, 0.25) is 0 Å². The number of nitrogens with one attached hydrogen (secondary N) is 1. The van der Waals surface area contributed by atoms with E-state index in [-0.39, 0.29) is 10.8 Å². The van der Waals surface area contributed by atoms with Gasteiger partial charge in [-0.15, -0.1) is 0 Å². The lowest BCUT2D eigenvalue weighted by molar-refractivity contribution is 0.146. The number of ether oxygens (including phenoxy) is 2. The van der Waals surface area contributed by atoms with Gasteiger partial charge < -0.3 is 14.0 Å². The fourth-order valence-corrected chi connectivity index (χ4v) is 3.99. The summed E-state index contributed by atoms with van der Waals surface area (Å²) in [4.78, 5) is 4.53. The van der Waals surface area contributed by atoms with Crippen molar-refractivity contribution in [2.75, 3.05) is 26.9 Å². The minimum absolute atomic E-state index is 0.241. The normalized spacial score (nSPS) is 17.2. The number of aromatic nitrogens is 2. The average Bonchev–Trinajstić information content (AvgIpc) is 3.08. The molecule has 2 heterocycles. The summed E-state index contributed by atoms with van der Waals surface area (Å²) in [5.41, 5.74) is 0. The third-order valence-corrected chi connectivity index (χ3v) is 5.72. The summed E-state index contributed by atoms with van der Waals surface area (Å²) < 4.78 is 40.1. The van der Waals surface area contributed by atoms with E-state index in [9.17, 15) is 8.42 Å². The molecule has 0 saturated heterocycles. The number of hydrogen-bond donors (Lipinski definition) is 1. The standard InChI is InChI=1S/C17H23N3O4S/c1-23-10-11-24-15-3-5-16(6-4-15)25(21,22)19-12-14-2-7-17-18-8-9-20(17)13-14/h3-6,8-9,14,19H,2,7,10-13H2,1H3/t14-/m0/s1. The molecule has 0 aliphatic carbocycles. The van der Waals surface area contributed by atoms with Crippen molar-refractivity contribution in [3.8, 4) is 5.75 Å². The minimum Gasteiger partial charge on any atom is -0.491 e. The molecule has 0 saturated carbocycles. The number of methoxy groups -OCH3 is 1. The summed E-state index contributed by atoms with van der Waals surface area (Å²) in [6.07, 6.45) is 5.55. The molecule has 0 spiro atoms. The number of nitrogens with zero attached hydrogens (tertiary/aromatic N) is 2. The lowest BCUT2D eigenvalue weighted by Gasteiger charge is -2.23. The molecular weight excluding hydrogens is 342 g/mol. The minimum atomic E-state index is -3.52. The van der Waals surface area contributed by atoms with Crippen LogP contribution in [0.15, 0.2) is 41.6 Å². The number of rotatable bonds is 8. The van der Waals surface area contributed by atoms with Crippen LogP contribution in [0.25, 0.3) is 0 Å². The van der Waals surface area contributed by atoms with E-state index in [1.54, 1.807) is 37.6 Å². The Morgan fingerprint density at radius 2 is 2.08 bits per heavy atom. The third-order valence-electron chi connectivity index (χ3n) is 4.29. The molecular formula is C17H23N3O4S. The van der Waals surface area contributed by atoms with Crippen LogP contribution in [0.3, 0.4) is 0 Å². The largest absolute Gasteiger partial charge is 0.491 e. The highest BCUT2D eigenvalue weighted by Gasteiger charge is 2.21. The van der Waals surface area contributed by atoms with Gasteiger partial charge in [0.25, 0.3) is 0 Å². The SMILES string of the molecule is COCCOc1ccc(S(=O)(=O)NC[C@@H]2CCc3nccn3C2)cc1. The van der Waals surface area contributed by atoms with Crippen LogP contribution in [-0.2, 0) is 27.7 Å². The van der Waals surface area contributed by atoms with Crippen LogP contribution in [0.5, 0.6) is 5.75 Å². The fraction of sp³-hybridized carbons (Fsp3) is 0.471. The van der Waals surface area contributed by atoms with Crippen molar-refractivity contribution < 1.29 is 17.9 Å². The van der Waals surface area contributed by atoms with Gasteiger partial charge in [0.05, 0.1) is 11.5 Å². The van der Waals surface area contributed by atoms with E-state index in [0.29, 0.717) is 25.5 Å². The number of aryl methyl sites for hydroxylation is 1. The molecule has 0 bridgehead atoms. The first-order chi connectivity index (χ1) is 12.1. The molecule has 0 radical (unpaired) electrons. The van der Waals surface area contributed by atoms with E-state index in [1.807, 2.05) is 6.20 Å². The van der Waals surface area contributed by atoms with Crippen LogP contribution < -0.4 is 9.46 Å². The van der Waals surface area contributed by atoms with Gasteiger partial charge in [-0.2, -0.15) is 0 Å². The predicted octanol–water partition coefficient (Wildman–Crippen LogP) is 1.45. The second-order valence-corrected chi connectivity index (χ2v) is 7.83. The second-order valence-electron chi connectivity index (χ2n) is 6.07. The quantitative estimate of drug-likeness (QED) is 0.716. The molecule has 1 aromatic heterocycles. The van der Waals surface area contributed by atoms with E-state index < -0.39 is 10.0 Å². The highest BCUT2D eigenvalue weighted by atomic mass is 32.2. The fourth-order valence-electron chi connectivity index (χ4n) is 2.87. The van der Waals surface area contributed by atoms with Gasteiger partial charge in [-0.25, -0.2) is 18.1 Å². The maximum atomic E-state index is 12.5. The Kier molecular flexibility index (Phi) is 5.72. The van der Waals surface area contributed by atoms with E-state index in [1.165, 1.54) is 0 Å². The van der Waals surface area contributed by atoms with E-state index in [4.69, 9.17) is 9.47 Å². The molecule has 1 N–H and O–H groups in total. The Labute approximate surface area is 148 Å². The Morgan fingerprint density at radius 1 is 1.28 bits per heavy atom. The maximum Gasteiger partial charge on any atom is 0.240 e. The first-order valence-electron chi connectivity index (χ1n) is 8.30. The van der Waals surface area contributed by atoms with Crippen molar-refractivity contribution in [1.29, 1.82) is 0 Å². The van der Waals surface area contributed by atoms with Crippen molar-refractivity contribution in [3.05, 3.63) is 42.5 Å². The average molecular weight is 365 g/mol. The Balaban J connectivity index is 1.55. The van der Waals surface area contributed by atoms with Crippen LogP contribution in [0.1, 0.15) is 12.2 Å². The maximum absolute atomic E-state index is 12.5. The number of fused-ring (bicyclic) bond motifs is 1. The first kappa shape index (κ1) is 17.9. The number of hydrogen-bond acceptors (Lipinski definition) is 5. The first-order valence-corrected chi connectivity index (χ1v) is 9.78. The smallest absolute Gasteiger partial charge is 0.240 e. The molecule has 136 valence electrons. The molecule has 8 heteroatoms. The summed E-state index contributed by atoms with van der Waals surface area (Å²) in [5.74, 6) is 1.97. The van der Waals surface area contributed by atoms with E-state index in [2.05, 4.69) is 14.3 Å². The van der Waals surface area contributed by atoms with Crippen LogP contribution >= 0.6 is 0 Å². The van der Waals surface area contributed by atoms with Gasteiger partial charge in [-0.05, 0) is 36.6 Å². The molecule has 2 aromatic rings. The lowest BCUT2D eigenvalue weighted by Crippen LogP contribution is -2.33. The van der Waals surface area contributed by atoms with E-state index >= 15 is 0 Å². The van der Waals surface area contributed by atoms with Gasteiger partial charge in [-0.3, -0.25) is 0 Å². The van der Waals surface area contributed by atoms with Gasteiger partial charge in [0.1, 0.15) is 18.2 Å². The molecule has 1 atom stereocenters. The lowest BCUT2D eigenvalue weighted by atomic mass is 10.00. The van der Waals surface area contributed by atoms with Crippen molar-refractivity contribution in [1.82, 2.24) is 14.3 Å². The van der Waals surface area contributed by atoms with Gasteiger partial charge in [0.15, 0.2) is 0 Å². The highest BCUT2D eigenvalue weighted by Crippen LogP contribution is 2.20. The number of benzene rings is 1. The molecule has 25 heavy (non-hydrogen) atoms. The zero-order valence-electron chi connectivity index (χ0n) is 14.2. The predicted molar refractivity (Wildman–Crippen MR) is 93.0 cm³/mol. The third kappa shape index (κ3) is 4.59. The van der Waals surface area contributed by atoms with Crippen molar-refractivity contribution >= 4 is 10.0 Å². The van der Waals surface area contributed by atoms with Gasteiger partial charge >= 0.3 is 0 Å². The summed E-state index contributed by atoms with van der Waals surface area (Å²) in [5, 5.41) is 0. The van der Waals surface area contributed by atoms with Gasteiger partial charge in [-0.1, -0.05) is 0 Å². The molecule has 1 aromatic carbocycles. The monoisotopic (exact) mass is 365 g/mol. The molecule has 1 aliphatic rings. The Bertz CT molecular complexity index is 786. The molecule has 3 rings (SSSR count).